The number of hydrogen-bond donors (Lipinski definition) is 5. The minimum absolute atomic E-state index is 0.0463. The number of nitrogens with one attached hydrogen (secondary N) is 4. The molecule has 3 aliphatic rings. The fourth-order valence-corrected chi connectivity index (χ4v) is 6.05. The number of thiol groups is 1. The molecule has 0 saturated carbocycles. The molecular weight excluding hydrogens is 522 g/mol. The number of ether oxygens (including phenoxy) is 1. The van der Waals surface area contributed by atoms with Gasteiger partial charge < -0.3 is 20.8 Å². The van der Waals surface area contributed by atoms with Gasteiger partial charge in [-0.15, -0.1) is 28.6 Å². The number of nitrogens with zero attached hydrogens (tertiary/aromatic N) is 3. The van der Waals surface area contributed by atoms with Crippen LogP contribution in [0.5, 0.6) is 0 Å². The highest BCUT2D eigenvalue weighted by Gasteiger charge is 2.42. The Morgan fingerprint density at radius 2 is 2.14 bits per heavy atom. The van der Waals surface area contributed by atoms with Gasteiger partial charge in [-0.2, -0.15) is 12.6 Å². The Morgan fingerprint density at radius 3 is 2.89 bits per heavy atom. The second-order valence-corrected chi connectivity index (χ2v) is 11.7. The van der Waals surface area contributed by atoms with Gasteiger partial charge in [-0.3, -0.25) is 19.6 Å². The summed E-state index contributed by atoms with van der Waals surface area (Å²) in [5, 5.41) is 10.8. The van der Waals surface area contributed by atoms with Crippen LogP contribution in [0.4, 0.5) is 0 Å². The summed E-state index contributed by atoms with van der Waals surface area (Å²) in [4.78, 5) is 48.6. The number of thioether (sulfide) groups is 1. The topological polar surface area (TPSA) is 137 Å². The van der Waals surface area contributed by atoms with Crippen molar-refractivity contribution < 1.29 is 19.1 Å². The number of allylic oxidation sites excluding steroid dienone is 1. The van der Waals surface area contributed by atoms with Crippen LogP contribution >= 0.6 is 35.7 Å². The highest BCUT2D eigenvalue weighted by atomic mass is 32.2. The van der Waals surface area contributed by atoms with Crippen molar-refractivity contribution in [2.45, 2.75) is 57.8 Å². The van der Waals surface area contributed by atoms with Gasteiger partial charge in [-0.1, -0.05) is 13.8 Å². The zero-order chi connectivity index (χ0) is 25.9. The molecule has 4 N–H and O–H groups in total. The van der Waals surface area contributed by atoms with Crippen molar-refractivity contribution in [1.82, 2.24) is 31.6 Å². The molecular formula is C22H31N7O4S3. The second kappa shape index (κ2) is 11.4. The number of rotatable bonds is 5. The molecule has 14 heteroatoms. The molecule has 36 heavy (non-hydrogen) atoms. The van der Waals surface area contributed by atoms with E-state index in [4.69, 9.17) is 4.74 Å². The second-order valence-electron chi connectivity index (χ2n) is 9.32. The number of carbonyl (C=O) groups is 3. The summed E-state index contributed by atoms with van der Waals surface area (Å²) in [5.74, 6) is -0.362. The maximum Gasteiger partial charge on any atom is 0.329 e. The summed E-state index contributed by atoms with van der Waals surface area (Å²) in [7, 11) is 0. The molecule has 4 bridgehead atoms. The van der Waals surface area contributed by atoms with Crippen molar-refractivity contribution in [2.24, 2.45) is 10.9 Å². The van der Waals surface area contributed by atoms with E-state index in [1.165, 1.54) is 23.1 Å². The molecule has 4 rings (SSSR count). The van der Waals surface area contributed by atoms with Crippen molar-refractivity contribution in [3.05, 3.63) is 28.0 Å². The summed E-state index contributed by atoms with van der Waals surface area (Å²) < 4.78 is 5.85. The molecule has 196 valence electrons. The van der Waals surface area contributed by atoms with E-state index < -0.39 is 23.7 Å². The maximum atomic E-state index is 13.3. The monoisotopic (exact) mass is 553 g/mol. The minimum Gasteiger partial charge on any atom is -0.458 e. The molecule has 1 aromatic heterocycles. The van der Waals surface area contributed by atoms with Crippen molar-refractivity contribution in [3.8, 4) is 0 Å². The van der Waals surface area contributed by atoms with Crippen molar-refractivity contribution >= 4 is 58.6 Å². The molecule has 0 radical (unpaired) electrons. The van der Waals surface area contributed by atoms with E-state index in [2.05, 4.69) is 44.2 Å². The fraction of sp³-hybridized carbons (Fsp3) is 0.591. The van der Waals surface area contributed by atoms with Crippen LogP contribution in [-0.4, -0.2) is 68.6 Å². The first-order chi connectivity index (χ1) is 17.2. The van der Waals surface area contributed by atoms with Crippen molar-refractivity contribution in [1.29, 1.82) is 0 Å². The summed E-state index contributed by atoms with van der Waals surface area (Å²) in [6, 6.07) is -0.889. The lowest BCUT2D eigenvalue weighted by Gasteiger charge is -2.30. The van der Waals surface area contributed by atoms with Gasteiger partial charge in [0, 0.05) is 23.0 Å². The van der Waals surface area contributed by atoms with Crippen LogP contribution in [0, 0.1) is 5.92 Å². The molecule has 0 saturated heterocycles. The normalized spacial score (nSPS) is 27.2. The third-order valence-electron chi connectivity index (χ3n) is 5.98. The van der Waals surface area contributed by atoms with Crippen LogP contribution in [-0.2, 0) is 25.7 Å². The van der Waals surface area contributed by atoms with E-state index in [1.807, 2.05) is 19.2 Å². The first-order valence-electron chi connectivity index (χ1n) is 11.7. The number of fused-ring (bicyclic) bond motifs is 4. The highest BCUT2D eigenvalue weighted by molar-refractivity contribution is 8.14. The predicted molar refractivity (Wildman–Crippen MR) is 142 cm³/mol. The highest BCUT2D eigenvalue weighted by Crippen LogP contribution is 2.32. The standard InChI is InChI=1S/C22H31N7O4S3/c1-12(2)18-20(31)33-14(9-29-13(4-5-34)7-24-28-29)6-16(30)23-8-17-25-15(10-35-17)19-27-22(3,11-36-19)21(32)26-18/h7,10,12,14,18,24,28,34H,4-6,8-9,11H2,1-3H3,(H,23,30)(H,26,32)/t14-,18-,22-/m0/s1. The lowest BCUT2D eigenvalue weighted by Crippen LogP contribution is -2.54. The Bertz CT molecular complexity index is 1080. The van der Waals surface area contributed by atoms with Crippen LogP contribution in [0.15, 0.2) is 22.3 Å². The zero-order valence-electron chi connectivity index (χ0n) is 20.4. The lowest BCUT2D eigenvalue weighted by molar-refractivity contribution is -0.156. The molecule has 0 spiro atoms. The summed E-state index contributed by atoms with van der Waals surface area (Å²) in [5.41, 5.74) is 6.51. The zero-order valence-corrected chi connectivity index (χ0v) is 22.9. The quantitative estimate of drug-likeness (QED) is 0.267. The van der Waals surface area contributed by atoms with Crippen LogP contribution in [0.3, 0.4) is 0 Å². The Kier molecular flexibility index (Phi) is 8.48. The number of hydrazine groups is 2. The first-order valence-corrected chi connectivity index (χ1v) is 14.2. The molecule has 11 nitrogen and oxygen atoms in total. The van der Waals surface area contributed by atoms with Crippen LogP contribution in [0.2, 0.25) is 0 Å². The number of amides is 2. The number of aliphatic imine (C=N–C) groups is 1. The average Bonchev–Trinajstić information content (AvgIpc) is 3.56. The van der Waals surface area contributed by atoms with Gasteiger partial charge in [0.15, 0.2) is 0 Å². The molecule has 0 fully saturated rings. The largest absolute Gasteiger partial charge is 0.458 e. The minimum atomic E-state index is -1.03. The van der Waals surface area contributed by atoms with Gasteiger partial charge in [0.1, 0.15) is 33.4 Å². The molecule has 0 aliphatic carbocycles. The molecule has 2 amide bonds. The van der Waals surface area contributed by atoms with Gasteiger partial charge in [0.25, 0.3) is 0 Å². The number of hydrogen-bond acceptors (Lipinski definition) is 12. The van der Waals surface area contributed by atoms with E-state index in [1.54, 1.807) is 18.1 Å². The number of aromatic nitrogens is 1. The van der Waals surface area contributed by atoms with Gasteiger partial charge in [0.2, 0.25) is 11.8 Å². The van der Waals surface area contributed by atoms with E-state index in [0.717, 1.165) is 10.7 Å². The Morgan fingerprint density at radius 1 is 1.33 bits per heavy atom. The third-order valence-corrected chi connectivity index (χ3v) is 8.33. The number of cyclic esters (lactones) is 1. The van der Waals surface area contributed by atoms with E-state index in [9.17, 15) is 14.4 Å². The van der Waals surface area contributed by atoms with Crippen LogP contribution in [0.1, 0.15) is 44.3 Å². The number of esters is 1. The Labute approximate surface area is 223 Å². The SMILES string of the molecule is CC(C)[C@@H]1NC(=O)[C@]2(C)CSC(=N2)c2csc(n2)CNC(=O)C[C@@H](CN2NNC=C2CCS)OC1=O. The first kappa shape index (κ1) is 26.8. The molecule has 3 atom stereocenters. The molecule has 0 aromatic carbocycles. The van der Waals surface area contributed by atoms with Crippen LogP contribution in [0.25, 0.3) is 0 Å². The summed E-state index contributed by atoms with van der Waals surface area (Å²) in [6.45, 7) is 5.91. The fourth-order valence-electron chi connectivity index (χ4n) is 3.90. The number of thiazole rings is 1. The predicted octanol–water partition coefficient (Wildman–Crippen LogP) is 0.954. The van der Waals surface area contributed by atoms with Gasteiger partial charge in [0.05, 0.1) is 19.5 Å². The average molecular weight is 554 g/mol. The van der Waals surface area contributed by atoms with Crippen molar-refractivity contribution in [2.75, 3.05) is 18.1 Å². The van der Waals surface area contributed by atoms with E-state index >= 15 is 0 Å². The lowest BCUT2D eigenvalue weighted by atomic mass is 10.0. The van der Waals surface area contributed by atoms with Gasteiger partial charge >= 0.3 is 5.97 Å². The molecule has 1 aromatic rings. The number of carbonyl (C=O) groups excluding carboxylic acids is 3. The smallest absolute Gasteiger partial charge is 0.329 e. The Hall–Kier alpha value is -2.29. The molecule has 4 heterocycles. The summed E-state index contributed by atoms with van der Waals surface area (Å²) >= 11 is 7.17. The van der Waals surface area contributed by atoms with E-state index in [-0.39, 0.29) is 37.2 Å². The Balaban J connectivity index is 1.60. The maximum absolute atomic E-state index is 13.3. The third kappa shape index (κ3) is 6.15. The summed E-state index contributed by atoms with van der Waals surface area (Å²) in [6.07, 6.45) is 1.68. The van der Waals surface area contributed by atoms with Crippen LogP contribution < -0.4 is 21.6 Å². The van der Waals surface area contributed by atoms with E-state index in [0.29, 0.717) is 28.7 Å². The van der Waals surface area contributed by atoms with Crippen molar-refractivity contribution in [3.63, 3.8) is 0 Å². The van der Waals surface area contributed by atoms with Gasteiger partial charge in [-0.25, -0.2) is 9.78 Å². The molecule has 0 unspecified atom stereocenters. The molecule has 3 aliphatic heterocycles. The van der Waals surface area contributed by atoms with Gasteiger partial charge in [-0.05, 0) is 25.0 Å².